The zero-order valence-electron chi connectivity index (χ0n) is 11.9. The van der Waals surface area contributed by atoms with Crippen LogP contribution in [0, 0.1) is 12.7 Å². The molecule has 0 amide bonds. The third-order valence-electron chi connectivity index (χ3n) is 3.20. The molecule has 6 heteroatoms. The van der Waals surface area contributed by atoms with Crippen molar-refractivity contribution < 1.29 is 4.39 Å². The number of rotatable bonds is 2. The fourth-order valence-corrected chi connectivity index (χ4v) is 2.19. The Bertz CT molecular complexity index is 868. The van der Waals surface area contributed by atoms with Gasteiger partial charge in [-0.25, -0.2) is 14.4 Å². The molecule has 4 N–H and O–H groups in total. The van der Waals surface area contributed by atoms with Gasteiger partial charge in [0.2, 0.25) is 0 Å². The van der Waals surface area contributed by atoms with Gasteiger partial charge in [-0.2, -0.15) is 4.99 Å². The number of aryl methyl sites for hydroxylation is 1. The smallest absolute Gasteiger partial charge is 0.253 e. The van der Waals surface area contributed by atoms with Crippen LogP contribution in [0.2, 0.25) is 0 Å². The van der Waals surface area contributed by atoms with Gasteiger partial charge in [0.05, 0.1) is 11.2 Å². The van der Waals surface area contributed by atoms with E-state index in [2.05, 4.69) is 15.0 Å². The first-order valence-electron chi connectivity index (χ1n) is 6.67. The van der Waals surface area contributed by atoms with Crippen molar-refractivity contribution in [3.8, 4) is 11.3 Å². The van der Waals surface area contributed by atoms with Gasteiger partial charge in [0, 0.05) is 10.9 Å². The summed E-state index contributed by atoms with van der Waals surface area (Å²) < 4.78 is 13.6. The van der Waals surface area contributed by atoms with Crippen molar-refractivity contribution in [3.63, 3.8) is 0 Å². The highest BCUT2D eigenvalue weighted by Gasteiger charge is 2.10. The normalized spacial score (nSPS) is 10.6. The van der Waals surface area contributed by atoms with Crippen molar-refractivity contribution in [2.45, 2.75) is 6.92 Å². The Labute approximate surface area is 126 Å². The maximum absolute atomic E-state index is 13.6. The first kappa shape index (κ1) is 13.9. The number of nitrogens with zero attached hydrogens (tertiary/aromatic N) is 3. The second kappa shape index (κ2) is 5.40. The van der Waals surface area contributed by atoms with Crippen LogP contribution in [0.1, 0.15) is 5.56 Å². The molecule has 1 heterocycles. The van der Waals surface area contributed by atoms with Gasteiger partial charge in [0.25, 0.3) is 5.95 Å². The number of benzene rings is 2. The number of nitrogens with two attached hydrogens (primary N) is 2. The van der Waals surface area contributed by atoms with E-state index in [9.17, 15) is 4.39 Å². The van der Waals surface area contributed by atoms with E-state index >= 15 is 0 Å². The minimum Gasteiger partial charge on any atom is -0.370 e. The lowest BCUT2D eigenvalue weighted by atomic mass is 10.1. The SMILES string of the molecule is Cc1ccc(-c2nc(N=C(N)N)nc3ccc(F)cc23)cc1. The second-order valence-corrected chi connectivity index (χ2v) is 4.94. The molecule has 0 aliphatic carbocycles. The zero-order valence-corrected chi connectivity index (χ0v) is 11.9. The van der Waals surface area contributed by atoms with Gasteiger partial charge < -0.3 is 11.5 Å². The van der Waals surface area contributed by atoms with E-state index in [0.29, 0.717) is 16.6 Å². The molecule has 0 unspecified atom stereocenters. The predicted octanol–water partition coefficient (Wildman–Crippen LogP) is 2.65. The third-order valence-corrected chi connectivity index (χ3v) is 3.20. The maximum atomic E-state index is 13.6. The standard InChI is InChI=1S/C16H14FN5/c1-9-2-4-10(5-3-9)14-12-8-11(17)6-7-13(12)20-16(21-14)22-15(18)19/h2-8H,1H3,(H4,18,19,20,21,22). The summed E-state index contributed by atoms with van der Waals surface area (Å²) in [7, 11) is 0. The van der Waals surface area contributed by atoms with Gasteiger partial charge in [-0.1, -0.05) is 29.8 Å². The molecule has 3 aromatic rings. The molecule has 0 fully saturated rings. The summed E-state index contributed by atoms with van der Waals surface area (Å²) >= 11 is 0. The molecule has 3 rings (SSSR count). The fourth-order valence-electron chi connectivity index (χ4n) is 2.19. The number of guanidine groups is 1. The zero-order chi connectivity index (χ0) is 15.7. The summed E-state index contributed by atoms with van der Waals surface area (Å²) in [5.74, 6) is -0.329. The van der Waals surface area contributed by atoms with E-state index in [1.165, 1.54) is 12.1 Å². The minimum atomic E-state index is -0.348. The van der Waals surface area contributed by atoms with Crippen LogP contribution < -0.4 is 11.5 Å². The van der Waals surface area contributed by atoms with Crippen LogP contribution >= 0.6 is 0 Å². The topological polar surface area (TPSA) is 90.2 Å². The minimum absolute atomic E-state index is 0.128. The Morgan fingerprint density at radius 3 is 2.45 bits per heavy atom. The van der Waals surface area contributed by atoms with E-state index in [1.807, 2.05) is 31.2 Å². The first-order chi connectivity index (χ1) is 10.5. The van der Waals surface area contributed by atoms with E-state index in [1.54, 1.807) is 6.07 Å². The highest BCUT2D eigenvalue weighted by Crippen LogP contribution is 2.28. The van der Waals surface area contributed by atoms with E-state index in [-0.39, 0.29) is 17.7 Å². The van der Waals surface area contributed by atoms with Crippen LogP contribution in [0.4, 0.5) is 10.3 Å². The number of hydrogen-bond donors (Lipinski definition) is 2. The molecule has 0 spiro atoms. The lowest BCUT2D eigenvalue weighted by Gasteiger charge is -2.07. The number of aromatic nitrogens is 2. The molecule has 0 aliphatic heterocycles. The van der Waals surface area contributed by atoms with Crippen molar-refractivity contribution in [1.82, 2.24) is 9.97 Å². The van der Waals surface area contributed by atoms with Crippen molar-refractivity contribution in [3.05, 3.63) is 53.8 Å². The molecule has 0 aliphatic rings. The summed E-state index contributed by atoms with van der Waals surface area (Å²) in [6.07, 6.45) is 0. The van der Waals surface area contributed by atoms with Gasteiger partial charge in [-0.05, 0) is 25.1 Å². The average Bonchev–Trinajstić information content (AvgIpc) is 2.47. The molecule has 0 atom stereocenters. The molecule has 110 valence electrons. The molecular formula is C16H14FN5. The van der Waals surface area contributed by atoms with Crippen molar-refractivity contribution in [2.24, 2.45) is 16.5 Å². The largest absolute Gasteiger partial charge is 0.370 e. The van der Waals surface area contributed by atoms with Gasteiger partial charge in [0.15, 0.2) is 5.96 Å². The Kier molecular flexibility index (Phi) is 3.42. The fraction of sp³-hybridized carbons (Fsp3) is 0.0625. The van der Waals surface area contributed by atoms with Gasteiger partial charge in [-0.3, -0.25) is 0 Å². The predicted molar refractivity (Wildman–Crippen MR) is 85.1 cm³/mol. The van der Waals surface area contributed by atoms with Gasteiger partial charge >= 0.3 is 0 Å². The second-order valence-electron chi connectivity index (χ2n) is 4.94. The number of fused-ring (bicyclic) bond motifs is 1. The maximum Gasteiger partial charge on any atom is 0.253 e. The Morgan fingerprint density at radius 2 is 1.77 bits per heavy atom. The van der Waals surface area contributed by atoms with Crippen LogP contribution in [-0.4, -0.2) is 15.9 Å². The van der Waals surface area contributed by atoms with Crippen molar-refractivity contribution in [1.29, 1.82) is 0 Å². The molecule has 0 saturated heterocycles. The summed E-state index contributed by atoms with van der Waals surface area (Å²) in [6, 6.07) is 12.1. The van der Waals surface area contributed by atoms with E-state index in [0.717, 1.165) is 11.1 Å². The molecule has 0 saturated carbocycles. The molecule has 0 radical (unpaired) electrons. The molecular weight excluding hydrogens is 281 g/mol. The average molecular weight is 295 g/mol. The van der Waals surface area contributed by atoms with Crippen LogP contribution in [0.15, 0.2) is 47.5 Å². The van der Waals surface area contributed by atoms with Crippen LogP contribution in [0.25, 0.3) is 22.2 Å². The summed E-state index contributed by atoms with van der Waals surface area (Å²) in [5.41, 5.74) is 13.9. The lowest BCUT2D eigenvalue weighted by molar-refractivity contribution is 0.629. The third kappa shape index (κ3) is 2.71. The Hall–Kier alpha value is -3.02. The summed E-state index contributed by atoms with van der Waals surface area (Å²) in [4.78, 5) is 12.5. The van der Waals surface area contributed by atoms with E-state index in [4.69, 9.17) is 11.5 Å². The lowest BCUT2D eigenvalue weighted by Crippen LogP contribution is -2.22. The highest BCUT2D eigenvalue weighted by atomic mass is 19.1. The number of aliphatic imine (C=N–C) groups is 1. The van der Waals surface area contributed by atoms with Gasteiger partial charge in [0.1, 0.15) is 5.82 Å². The Morgan fingerprint density at radius 1 is 1.05 bits per heavy atom. The van der Waals surface area contributed by atoms with Crippen LogP contribution in [0.3, 0.4) is 0 Å². The van der Waals surface area contributed by atoms with Crippen molar-refractivity contribution >= 4 is 22.8 Å². The summed E-state index contributed by atoms with van der Waals surface area (Å²) in [6.45, 7) is 1.99. The quantitative estimate of drug-likeness (QED) is 0.561. The monoisotopic (exact) mass is 295 g/mol. The van der Waals surface area contributed by atoms with Gasteiger partial charge in [-0.15, -0.1) is 0 Å². The van der Waals surface area contributed by atoms with Crippen molar-refractivity contribution in [2.75, 3.05) is 0 Å². The summed E-state index contributed by atoms with van der Waals surface area (Å²) in [5, 5.41) is 0.610. The Balaban J connectivity index is 2.31. The molecule has 1 aromatic heterocycles. The first-order valence-corrected chi connectivity index (χ1v) is 6.67. The molecule has 2 aromatic carbocycles. The highest BCUT2D eigenvalue weighted by molar-refractivity contribution is 5.93. The molecule has 0 bridgehead atoms. The number of hydrogen-bond acceptors (Lipinski definition) is 3. The number of halogens is 1. The van der Waals surface area contributed by atoms with Crippen LogP contribution in [-0.2, 0) is 0 Å². The molecule has 5 nitrogen and oxygen atoms in total. The van der Waals surface area contributed by atoms with E-state index < -0.39 is 0 Å². The molecule has 22 heavy (non-hydrogen) atoms. The van der Waals surface area contributed by atoms with Crippen LogP contribution in [0.5, 0.6) is 0 Å².